The quantitative estimate of drug-likeness (QED) is 0.235. The third-order valence-electron chi connectivity index (χ3n) is 8.31. The van der Waals surface area contributed by atoms with E-state index < -0.39 is 0 Å². The Hall–Kier alpha value is -3.27. The van der Waals surface area contributed by atoms with E-state index in [4.69, 9.17) is 15.5 Å². The normalized spacial score (nSPS) is 15.5. The molecule has 4 rings (SSSR count). The van der Waals surface area contributed by atoms with Gasteiger partial charge in [-0.3, -0.25) is 9.59 Å². The molecule has 2 amide bonds. The highest BCUT2D eigenvalue weighted by molar-refractivity contribution is 5.96. The average molecular weight is 591 g/mol. The van der Waals surface area contributed by atoms with Gasteiger partial charge in [0, 0.05) is 68.8 Å². The molecule has 1 aromatic carbocycles. The zero-order valence-corrected chi connectivity index (χ0v) is 26.1. The van der Waals surface area contributed by atoms with Crippen LogP contribution in [0, 0.1) is 5.92 Å². The molecule has 1 saturated heterocycles. The minimum atomic E-state index is -0.129. The number of amides is 2. The Bertz CT molecular complexity index is 1340. The SMILES string of the molecule is CNCCN(C)Cc1cccc(-c2cc(C(=O)NCCCCCC(=O)NCC3CCOCC3)c3c(n2)=CCCCC=3N)c1. The number of nitrogens with one attached hydrogen (secondary N) is 3. The van der Waals surface area contributed by atoms with Crippen LogP contribution >= 0.6 is 0 Å². The Kier molecular flexibility index (Phi) is 13.0. The molecular weight excluding hydrogens is 540 g/mol. The smallest absolute Gasteiger partial charge is 0.252 e. The second-order valence-corrected chi connectivity index (χ2v) is 11.9. The van der Waals surface area contributed by atoms with Crippen molar-refractivity contribution in [2.45, 2.75) is 64.3 Å². The fourth-order valence-corrected chi connectivity index (χ4v) is 5.74. The van der Waals surface area contributed by atoms with Crippen LogP contribution in [0.3, 0.4) is 0 Å². The number of nitrogens with two attached hydrogens (primary N) is 1. The van der Waals surface area contributed by atoms with E-state index in [0.717, 1.165) is 118 Å². The summed E-state index contributed by atoms with van der Waals surface area (Å²) in [6, 6.07) is 10.3. The minimum Gasteiger partial charge on any atom is -0.401 e. The molecule has 0 atom stereocenters. The summed E-state index contributed by atoms with van der Waals surface area (Å²) in [5, 5.41) is 10.9. The van der Waals surface area contributed by atoms with Gasteiger partial charge in [0.2, 0.25) is 5.91 Å². The summed E-state index contributed by atoms with van der Waals surface area (Å²) in [4.78, 5) is 33.0. The van der Waals surface area contributed by atoms with E-state index in [1.807, 2.05) is 13.1 Å². The van der Waals surface area contributed by atoms with Crippen LogP contribution in [-0.4, -0.2) is 75.2 Å². The van der Waals surface area contributed by atoms with Gasteiger partial charge in [-0.25, -0.2) is 4.98 Å². The highest BCUT2D eigenvalue weighted by Crippen LogP contribution is 2.19. The molecule has 2 aliphatic rings. The second-order valence-electron chi connectivity index (χ2n) is 11.9. The van der Waals surface area contributed by atoms with Gasteiger partial charge in [-0.1, -0.05) is 30.7 Å². The van der Waals surface area contributed by atoms with Crippen LogP contribution in [0.25, 0.3) is 23.0 Å². The third-order valence-corrected chi connectivity index (χ3v) is 8.31. The molecule has 2 aromatic rings. The first-order chi connectivity index (χ1) is 20.9. The van der Waals surface area contributed by atoms with Crippen molar-refractivity contribution in [3.63, 3.8) is 0 Å². The molecule has 9 nitrogen and oxygen atoms in total. The van der Waals surface area contributed by atoms with E-state index in [1.54, 1.807) is 0 Å². The zero-order valence-electron chi connectivity index (χ0n) is 26.1. The Balaban J connectivity index is 1.37. The maximum Gasteiger partial charge on any atom is 0.252 e. The van der Waals surface area contributed by atoms with Gasteiger partial charge in [-0.05, 0) is 82.7 Å². The first kappa shape index (κ1) is 32.6. The molecule has 1 aliphatic heterocycles. The predicted octanol–water partition coefficient (Wildman–Crippen LogP) is 2.26. The van der Waals surface area contributed by atoms with Gasteiger partial charge >= 0.3 is 0 Å². The molecule has 0 spiro atoms. The molecule has 0 bridgehead atoms. The fraction of sp³-hybridized carbons (Fsp3) is 0.559. The summed E-state index contributed by atoms with van der Waals surface area (Å²) in [6.07, 6.45) is 9.73. The van der Waals surface area contributed by atoms with Gasteiger partial charge in [-0.15, -0.1) is 0 Å². The first-order valence-electron chi connectivity index (χ1n) is 16.0. The van der Waals surface area contributed by atoms with Gasteiger partial charge in [0.25, 0.3) is 5.91 Å². The number of unbranched alkanes of at least 4 members (excludes halogenated alkanes) is 2. The summed E-state index contributed by atoms with van der Waals surface area (Å²) in [7, 11) is 4.08. The maximum atomic E-state index is 13.5. The summed E-state index contributed by atoms with van der Waals surface area (Å²) in [6.45, 7) is 5.59. The molecule has 1 aliphatic carbocycles. The van der Waals surface area contributed by atoms with Gasteiger partial charge in [0.05, 0.1) is 16.6 Å². The van der Waals surface area contributed by atoms with Crippen molar-refractivity contribution in [2.75, 3.05) is 53.5 Å². The molecular formula is C34H50N6O3. The molecule has 0 radical (unpaired) electrons. The minimum absolute atomic E-state index is 0.110. The van der Waals surface area contributed by atoms with Crippen LogP contribution < -0.4 is 32.3 Å². The van der Waals surface area contributed by atoms with Crippen LogP contribution in [0.2, 0.25) is 0 Å². The van der Waals surface area contributed by atoms with Crippen molar-refractivity contribution in [3.8, 4) is 11.3 Å². The van der Waals surface area contributed by atoms with E-state index >= 15 is 0 Å². The third kappa shape index (κ3) is 10.2. The van der Waals surface area contributed by atoms with Crippen LogP contribution in [0.1, 0.15) is 73.7 Å². The van der Waals surface area contributed by atoms with Gasteiger partial charge in [-0.2, -0.15) is 0 Å². The van der Waals surface area contributed by atoms with Crippen molar-refractivity contribution in [2.24, 2.45) is 11.7 Å². The highest BCUT2D eigenvalue weighted by atomic mass is 16.5. The summed E-state index contributed by atoms with van der Waals surface area (Å²) in [5.74, 6) is 0.508. The van der Waals surface area contributed by atoms with Gasteiger partial charge in [0.1, 0.15) is 0 Å². The Morgan fingerprint density at radius 3 is 2.74 bits per heavy atom. The number of hydrogen-bond donors (Lipinski definition) is 4. The predicted molar refractivity (Wildman–Crippen MR) is 172 cm³/mol. The summed E-state index contributed by atoms with van der Waals surface area (Å²) < 4.78 is 5.39. The lowest BCUT2D eigenvalue weighted by Crippen LogP contribution is -2.40. The Labute approximate surface area is 256 Å². The lowest BCUT2D eigenvalue weighted by atomic mass is 10.0. The number of hydrogen-bond acceptors (Lipinski definition) is 7. The van der Waals surface area contributed by atoms with Gasteiger partial charge < -0.3 is 31.3 Å². The molecule has 5 N–H and O–H groups in total. The number of carbonyl (C=O) groups is 2. The van der Waals surface area contributed by atoms with E-state index in [-0.39, 0.29) is 11.8 Å². The number of likely N-dealkylation sites (N-methyl/N-ethyl adjacent to an activating group) is 2. The van der Waals surface area contributed by atoms with Crippen molar-refractivity contribution in [3.05, 3.63) is 52.0 Å². The monoisotopic (exact) mass is 590 g/mol. The molecule has 0 saturated carbocycles. The maximum absolute atomic E-state index is 13.5. The number of pyridine rings is 1. The average Bonchev–Trinajstić information content (AvgIpc) is 3.21. The van der Waals surface area contributed by atoms with Crippen LogP contribution in [0.4, 0.5) is 0 Å². The van der Waals surface area contributed by atoms with Crippen LogP contribution in [-0.2, 0) is 16.1 Å². The van der Waals surface area contributed by atoms with Crippen molar-refractivity contribution in [1.82, 2.24) is 25.8 Å². The number of aromatic nitrogens is 1. The zero-order chi connectivity index (χ0) is 30.4. The Morgan fingerprint density at radius 1 is 1.09 bits per heavy atom. The number of nitrogens with zero attached hydrogens (tertiary/aromatic N) is 2. The van der Waals surface area contributed by atoms with Crippen LogP contribution in [0.5, 0.6) is 0 Å². The summed E-state index contributed by atoms with van der Waals surface area (Å²) in [5.41, 5.74) is 10.8. The largest absolute Gasteiger partial charge is 0.401 e. The van der Waals surface area contributed by atoms with E-state index in [0.29, 0.717) is 24.4 Å². The number of rotatable bonds is 15. The number of ether oxygens (including phenoxy) is 1. The fourth-order valence-electron chi connectivity index (χ4n) is 5.74. The van der Waals surface area contributed by atoms with Crippen molar-refractivity contribution < 1.29 is 14.3 Å². The first-order valence-corrected chi connectivity index (χ1v) is 16.0. The molecule has 1 aromatic heterocycles. The molecule has 1 fully saturated rings. The number of fused-ring (bicyclic) bond motifs is 1. The molecule has 0 unspecified atom stereocenters. The molecule has 9 heteroatoms. The van der Waals surface area contributed by atoms with E-state index in [9.17, 15) is 9.59 Å². The van der Waals surface area contributed by atoms with Crippen molar-refractivity contribution >= 4 is 23.6 Å². The van der Waals surface area contributed by atoms with Crippen LogP contribution in [0.15, 0.2) is 30.3 Å². The van der Waals surface area contributed by atoms with Crippen molar-refractivity contribution in [1.29, 1.82) is 0 Å². The van der Waals surface area contributed by atoms with E-state index in [2.05, 4.69) is 58.2 Å². The standard InChI is InChI=1S/C34H50N6O3/c1-36-17-18-40(2)24-26-9-8-10-27(21-26)31-22-28(33-29(35)11-5-6-12-30(33)39-31)34(42)37-16-7-3-4-13-32(41)38-23-25-14-19-43-20-15-25/h8-10,12,21-22,25,36H,3-7,11,13-20,23-24,35H2,1-2H3,(H,37,42)(H,38,41). The molecule has 43 heavy (non-hydrogen) atoms. The number of benzene rings is 1. The highest BCUT2D eigenvalue weighted by Gasteiger charge is 2.17. The lowest BCUT2D eigenvalue weighted by molar-refractivity contribution is -0.121. The second kappa shape index (κ2) is 17.1. The summed E-state index contributed by atoms with van der Waals surface area (Å²) >= 11 is 0. The van der Waals surface area contributed by atoms with E-state index in [1.165, 1.54) is 5.56 Å². The molecule has 234 valence electrons. The molecule has 2 heterocycles. The number of carbonyl (C=O) groups excluding carboxylic acids is 2. The van der Waals surface area contributed by atoms with Gasteiger partial charge in [0.15, 0.2) is 0 Å². The lowest BCUT2D eigenvalue weighted by Gasteiger charge is -2.22. The topological polar surface area (TPSA) is 122 Å². The Morgan fingerprint density at radius 2 is 1.93 bits per heavy atom.